The van der Waals surface area contributed by atoms with Gasteiger partial charge < -0.3 is 14.0 Å². The summed E-state index contributed by atoms with van der Waals surface area (Å²) in [4.78, 5) is 26.3. The van der Waals surface area contributed by atoms with Gasteiger partial charge in [0.15, 0.2) is 0 Å². The van der Waals surface area contributed by atoms with Crippen molar-refractivity contribution >= 4 is 26.8 Å². The van der Waals surface area contributed by atoms with Crippen LogP contribution in [0.1, 0.15) is 17.4 Å². The van der Waals surface area contributed by atoms with Crippen molar-refractivity contribution in [2.45, 2.75) is 12.6 Å². The van der Waals surface area contributed by atoms with E-state index in [-0.39, 0.29) is 11.2 Å². The molecule has 0 saturated carbocycles. The molecule has 1 atom stereocenters. The van der Waals surface area contributed by atoms with Crippen LogP contribution >= 0.6 is 15.9 Å². The van der Waals surface area contributed by atoms with Crippen molar-refractivity contribution in [2.75, 3.05) is 13.7 Å². The summed E-state index contributed by atoms with van der Waals surface area (Å²) in [5, 5.41) is 0.514. The Morgan fingerprint density at radius 2 is 1.81 bits per heavy atom. The van der Waals surface area contributed by atoms with Crippen molar-refractivity contribution in [2.24, 2.45) is 14.1 Å². The Morgan fingerprint density at radius 3 is 2.53 bits per heavy atom. The third-order valence-corrected chi connectivity index (χ3v) is 6.57. The van der Waals surface area contributed by atoms with Crippen molar-refractivity contribution in [3.8, 4) is 17.0 Å². The third-order valence-electron chi connectivity index (χ3n) is 6.07. The number of rotatable bonds is 3. The van der Waals surface area contributed by atoms with E-state index in [1.54, 1.807) is 18.7 Å². The quantitative estimate of drug-likeness (QED) is 0.435. The Balaban J connectivity index is 1.96. The number of aryl methyl sites for hydroxylation is 1. The molecule has 164 valence electrons. The largest absolute Gasteiger partial charge is 0.496 e. The maximum atomic E-state index is 13.4. The van der Waals surface area contributed by atoms with E-state index in [1.165, 1.54) is 7.05 Å². The van der Waals surface area contributed by atoms with E-state index >= 15 is 0 Å². The molecule has 0 saturated heterocycles. The summed E-state index contributed by atoms with van der Waals surface area (Å²) in [7, 11) is 4.83. The topological polar surface area (TPSA) is 67.4 Å². The average molecular weight is 496 g/mol. The second-order valence-electron chi connectivity index (χ2n) is 7.82. The van der Waals surface area contributed by atoms with Gasteiger partial charge >= 0.3 is 5.69 Å². The Morgan fingerprint density at radius 1 is 1.06 bits per heavy atom. The first-order valence-electron chi connectivity index (χ1n) is 10.3. The molecule has 2 aromatic heterocycles. The standard InChI is InChI=1S/C24H22BrN3O4/c1-26-20-18(23(29)27(2)24(26)30)19(14-7-5-4-6-8-14)28-11-12-32-22(21(20)28)16-13-15(25)9-10-17(16)31-3/h4-10,13,22H,11-12H2,1-3H3/t22-/m0/s1. The lowest BCUT2D eigenvalue weighted by molar-refractivity contribution is 0.0463. The fourth-order valence-electron chi connectivity index (χ4n) is 4.62. The lowest BCUT2D eigenvalue weighted by atomic mass is 10.0. The molecule has 1 aliphatic rings. The molecule has 0 bridgehead atoms. The van der Waals surface area contributed by atoms with Gasteiger partial charge in [0.25, 0.3) is 5.56 Å². The number of benzene rings is 2. The van der Waals surface area contributed by atoms with E-state index in [2.05, 4.69) is 20.5 Å². The number of hydrogen-bond donors (Lipinski definition) is 0. The molecule has 32 heavy (non-hydrogen) atoms. The van der Waals surface area contributed by atoms with Crippen LogP contribution in [-0.4, -0.2) is 27.4 Å². The number of aromatic nitrogens is 3. The van der Waals surface area contributed by atoms with Crippen molar-refractivity contribution < 1.29 is 9.47 Å². The molecule has 0 spiro atoms. The molecule has 0 N–H and O–H groups in total. The lowest BCUT2D eigenvalue weighted by Gasteiger charge is -2.28. The van der Waals surface area contributed by atoms with Crippen LogP contribution in [0.25, 0.3) is 22.2 Å². The van der Waals surface area contributed by atoms with E-state index in [4.69, 9.17) is 9.47 Å². The number of ether oxygens (including phenoxy) is 2. The van der Waals surface area contributed by atoms with Crippen molar-refractivity contribution in [3.05, 3.63) is 85.1 Å². The maximum absolute atomic E-state index is 13.4. The zero-order valence-corrected chi connectivity index (χ0v) is 19.5. The molecular weight excluding hydrogens is 474 g/mol. The van der Waals surface area contributed by atoms with Gasteiger partial charge in [-0.2, -0.15) is 0 Å². The summed E-state index contributed by atoms with van der Waals surface area (Å²) in [6.45, 7) is 1.03. The molecule has 3 heterocycles. The van der Waals surface area contributed by atoms with Gasteiger partial charge in [-0.1, -0.05) is 46.3 Å². The third kappa shape index (κ3) is 2.97. The zero-order valence-electron chi connectivity index (χ0n) is 18.0. The summed E-state index contributed by atoms with van der Waals surface area (Å²) in [5.41, 5.74) is 3.22. The van der Waals surface area contributed by atoms with Crippen LogP contribution in [0.4, 0.5) is 0 Å². The predicted octanol–water partition coefficient (Wildman–Crippen LogP) is 3.60. The van der Waals surface area contributed by atoms with E-state index in [9.17, 15) is 9.59 Å². The smallest absolute Gasteiger partial charge is 0.331 e. The molecule has 8 heteroatoms. The second kappa shape index (κ2) is 7.79. The van der Waals surface area contributed by atoms with Crippen LogP contribution in [-0.2, 0) is 25.4 Å². The first-order chi connectivity index (χ1) is 15.4. The molecular formula is C24H22BrN3O4. The minimum Gasteiger partial charge on any atom is -0.496 e. The summed E-state index contributed by atoms with van der Waals surface area (Å²) < 4.78 is 17.6. The molecule has 0 amide bonds. The first-order valence-corrected chi connectivity index (χ1v) is 11.1. The van der Waals surface area contributed by atoms with E-state index in [1.807, 2.05) is 48.5 Å². The fourth-order valence-corrected chi connectivity index (χ4v) is 5.00. The number of halogens is 1. The summed E-state index contributed by atoms with van der Waals surface area (Å²) in [5.74, 6) is 0.677. The first kappa shape index (κ1) is 20.8. The van der Waals surface area contributed by atoms with Crippen LogP contribution in [0.3, 0.4) is 0 Å². The highest BCUT2D eigenvalue weighted by atomic mass is 79.9. The Hall–Kier alpha value is -3.10. The monoisotopic (exact) mass is 495 g/mol. The van der Waals surface area contributed by atoms with Gasteiger partial charge in [-0.15, -0.1) is 0 Å². The predicted molar refractivity (Wildman–Crippen MR) is 126 cm³/mol. The highest BCUT2D eigenvalue weighted by Gasteiger charge is 2.34. The molecule has 7 nitrogen and oxygen atoms in total. The highest BCUT2D eigenvalue weighted by Crippen LogP contribution is 2.43. The van der Waals surface area contributed by atoms with Crippen LogP contribution in [0.2, 0.25) is 0 Å². The highest BCUT2D eigenvalue weighted by molar-refractivity contribution is 9.10. The number of methoxy groups -OCH3 is 1. The summed E-state index contributed by atoms with van der Waals surface area (Å²) in [6.07, 6.45) is -0.506. The lowest BCUT2D eigenvalue weighted by Crippen LogP contribution is -2.37. The summed E-state index contributed by atoms with van der Waals surface area (Å²) in [6, 6.07) is 15.5. The Kier molecular flexibility index (Phi) is 5.06. The van der Waals surface area contributed by atoms with E-state index < -0.39 is 6.10 Å². The van der Waals surface area contributed by atoms with Crippen LogP contribution in [0, 0.1) is 0 Å². The molecule has 0 fully saturated rings. The van der Waals surface area contributed by atoms with Gasteiger partial charge in [0.2, 0.25) is 0 Å². The van der Waals surface area contributed by atoms with Crippen LogP contribution in [0.5, 0.6) is 5.75 Å². The molecule has 0 unspecified atom stereocenters. The van der Waals surface area contributed by atoms with Crippen LogP contribution < -0.4 is 16.0 Å². The van der Waals surface area contributed by atoms with Gasteiger partial charge in [-0.25, -0.2) is 4.79 Å². The summed E-state index contributed by atoms with van der Waals surface area (Å²) >= 11 is 3.54. The number of nitrogens with zero attached hydrogens (tertiary/aromatic N) is 3. The van der Waals surface area contributed by atoms with Crippen molar-refractivity contribution in [1.29, 1.82) is 0 Å². The van der Waals surface area contributed by atoms with Gasteiger partial charge in [0.1, 0.15) is 11.9 Å². The normalized spacial score (nSPS) is 15.7. The maximum Gasteiger partial charge on any atom is 0.331 e. The molecule has 0 radical (unpaired) electrons. The van der Waals surface area contributed by atoms with Gasteiger partial charge in [-0.05, 0) is 23.8 Å². The minimum atomic E-state index is -0.506. The second-order valence-corrected chi connectivity index (χ2v) is 8.73. The fraction of sp³-hybridized carbons (Fsp3) is 0.250. The SMILES string of the molecule is COc1ccc(Br)cc1[C@@H]1OCCn2c(-c3ccccc3)c3c(=O)n(C)c(=O)n(C)c3c21. The van der Waals surface area contributed by atoms with Crippen molar-refractivity contribution in [3.63, 3.8) is 0 Å². The Bertz CT molecular complexity index is 1470. The van der Waals surface area contributed by atoms with E-state index in [0.29, 0.717) is 29.8 Å². The van der Waals surface area contributed by atoms with Crippen LogP contribution in [0.15, 0.2) is 62.6 Å². The number of hydrogen-bond acceptors (Lipinski definition) is 4. The molecule has 2 aromatic carbocycles. The zero-order chi connectivity index (χ0) is 22.6. The van der Waals surface area contributed by atoms with Gasteiger partial charge in [-0.3, -0.25) is 13.9 Å². The number of fused-ring (bicyclic) bond motifs is 3. The minimum absolute atomic E-state index is 0.316. The average Bonchev–Trinajstić information content (AvgIpc) is 3.17. The van der Waals surface area contributed by atoms with E-state index in [0.717, 1.165) is 31.6 Å². The molecule has 5 rings (SSSR count). The van der Waals surface area contributed by atoms with Crippen molar-refractivity contribution in [1.82, 2.24) is 13.7 Å². The molecule has 1 aliphatic heterocycles. The molecule has 0 aliphatic carbocycles. The van der Waals surface area contributed by atoms with Gasteiger partial charge in [0.05, 0.1) is 36.0 Å². The molecule has 4 aromatic rings. The Labute approximate surface area is 192 Å². The van der Waals surface area contributed by atoms with Gasteiger partial charge in [0, 0.05) is 30.7 Å².